The van der Waals surface area contributed by atoms with Gasteiger partial charge in [0.15, 0.2) is 0 Å². The molecule has 0 radical (unpaired) electrons. The second-order valence-electron chi connectivity index (χ2n) is 12.2. The fourth-order valence-corrected chi connectivity index (χ4v) is 6.65. The molecule has 7 heteroatoms. The molecule has 4 aromatic carbocycles. The van der Waals surface area contributed by atoms with Crippen LogP contribution in [0.4, 0.5) is 0 Å². The van der Waals surface area contributed by atoms with Crippen LogP contribution >= 0.6 is 0 Å². The number of ether oxygens (including phenoxy) is 1. The van der Waals surface area contributed by atoms with E-state index in [1.807, 2.05) is 24.3 Å². The molecular formula is C38H36N6O. The first-order valence-electron chi connectivity index (χ1n) is 15.9. The molecule has 0 bridgehead atoms. The summed E-state index contributed by atoms with van der Waals surface area (Å²) < 4.78 is 6.18. The maximum atomic E-state index is 8.60. The third kappa shape index (κ3) is 5.35. The van der Waals surface area contributed by atoms with Gasteiger partial charge in [-0.1, -0.05) is 24.3 Å². The van der Waals surface area contributed by atoms with Crippen LogP contribution in [0, 0.1) is 10.8 Å². The first-order valence-corrected chi connectivity index (χ1v) is 15.9. The highest BCUT2D eigenvalue weighted by Crippen LogP contribution is 2.31. The molecule has 6 aromatic rings. The lowest BCUT2D eigenvalue weighted by molar-refractivity contribution is 0.483. The van der Waals surface area contributed by atoms with Crippen molar-refractivity contribution in [3.63, 3.8) is 0 Å². The normalized spacial score (nSPS) is 14.9. The van der Waals surface area contributed by atoms with Gasteiger partial charge in [0.2, 0.25) is 0 Å². The van der Waals surface area contributed by atoms with Crippen molar-refractivity contribution in [2.75, 3.05) is 26.2 Å². The maximum absolute atomic E-state index is 8.60. The monoisotopic (exact) mass is 592 g/mol. The molecule has 4 heterocycles. The number of H-pyrrole nitrogens is 2. The van der Waals surface area contributed by atoms with Gasteiger partial charge in [0.25, 0.3) is 0 Å². The zero-order valence-corrected chi connectivity index (χ0v) is 25.2. The zero-order valence-electron chi connectivity index (χ0n) is 25.2. The standard InChI is InChI=1S/C38H36N6O/c39-37(43-17-1-2-18-43)29-7-5-27-21-33(41-35(27)23-29)25-9-13-31(14-10-25)45-32-15-11-26(12-16-32)34-22-28-6-8-30(24-36(28)42-34)38(40)44-19-3-4-20-44/h5-16,21-24,39-42H,1-4,17-20H2. The molecule has 8 rings (SSSR count). The quantitative estimate of drug-likeness (QED) is 0.115. The SMILES string of the molecule is N=C(c1ccc2cc(-c3ccc(Oc4ccc(-c5cc6ccc(C(=N)N7CCCC7)cc6[nH]5)cc4)cc3)[nH]c2c1)N1CCCC1. The molecule has 2 aromatic heterocycles. The van der Waals surface area contributed by atoms with Crippen LogP contribution in [0.5, 0.6) is 11.5 Å². The van der Waals surface area contributed by atoms with Crippen LogP contribution in [-0.2, 0) is 0 Å². The van der Waals surface area contributed by atoms with Crippen molar-refractivity contribution in [1.29, 1.82) is 10.8 Å². The Morgan fingerprint density at radius 1 is 0.511 bits per heavy atom. The highest BCUT2D eigenvalue weighted by Gasteiger charge is 2.18. The Bertz CT molecular complexity index is 1880. The minimum absolute atomic E-state index is 0.616. The van der Waals surface area contributed by atoms with Crippen molar-refractivity contribution in [2.24, 2.45) is 0 Å². The molecule has 0 aliphatic carbocycles. The number of aromatic amines is 2. The van der Waals surface area contributed by atoms with Crippen molar-refractivity contribution in [1.82, 2.24) is 19.8 Å². The Balaban J connectivity index is 0.944. The Morgan fingerprint density at radius 3 is 1.31 bits per heavy atom. The largest absolute Gasteiger partial charge is 0.457 e. The second-order valence-corrected chi connectivity index (χ2v) is 12.2. The van der Waals surface area contributed by atoms with Gasteiger partial charge in [0, 0.05) is 70.5 Å². The number of hydrogen-bond acceptors (Lipinski definition) is 3. The topological polar surface area (TPSA) is 95.0 Å². The predicted molar refractivity (Wildman–Crippen MR) is 183 cm³/mol. The van der Waals surface area contributed by atoms with Gasteiger partial charge in [-0.25, -0.2) is 0 Å². The lowest BCUT2D eigenvalue weighted by Crippen LogP contribution is -2.27. The molecule has 0 saturated carbocycles. The average Bonchev–Trinajstić information content (AvgIpc) is 3.90. The van der Waals surface area contributed by atoms with Crippen LogP contribution in [-0.4, -0.2) is 57.6 Å². The van der Waals surface area contributed by atoms with E-state index < -0.39 is 0 Å². The van der Waals surface area contributed by atoms with E-state index in [1.165, 1.54) is 25.7 Å². The van der Waals surface area contributed by atoms with Crippen molar-refractivity contribution in [3.05, 3.63) is 108 Å². The summed E-state index contributed by atoms with van der Waals surface area (Å²) in [6, 6.07) is 33.1. The van der Waals surface area contributed by atoms with E-state index in [0.29, 0.717) is 11.7 Å². The summed E-state index contributed by atoms with van der Waals surface area (Å²) in [6.45, 7) is 3.90. The van der Waals surface area contributed by atoms with Crippen molar-refractivity contribution in [3.8, 4) is 34.0 Å². The van der Waals surface area contributed by atoms with Crippen LogP contribution in [0.2, 0.25) is 0 Å². The van der Waals surface area contributed by atoms with Crippen LogP contribution in [0.25, 0.3) is 44.3 Å². The molecule has 0 atom stereocenters. The van der Waals surface area contributed by atoms with E-state index >= 15 is 0 Å². The predicted octanol–water partition coefficient (Wildman–Crippen LogP) is 8.62. The van der Waals surface area contributed by atoms with E-state index in [2.05, 4.69) is 92.6 Å². The molecule has 0 spiro atoms. The first-order chi connectivity index (χ1) is 22.1. The van der Waals surface area contributed by atoms with E-state index in [0.717, 1.165) is 93.1 Å². The number of hydrogen-bond donors (Lipinski definition) is 4. The smallest absolute Gasteiger partial charge is 0.128 e. The number of nitrogens with zero attached hydrogens (tertiary/aromatic N) is 2. The fourth-order valence-electron chi connectivity index (χ4n) is 6.65. The van der Waals surface area contributed by atoms with Gasteiger partial charge in [0.1, 0.15) is 23.2 Å². The number of benzene rings is 4. The number of amidine groups is 2. The summed E-state index contributed by atoms with van der Waals surface area (Å²) in [4.78, 5) is 11.4. The van der Waals surface area contributed by atoms with E-state index in [9.17, 15) is 0 Å². The highest BCUT2D eigenvalue weighted by molar-refractivity contribution is 6.01. The third-order valence-electron chi connectivity index (χ3n) is 9.20. The molecule has 2 fully saturated rings. The third-order valence-corrected chi connectivity index (χ3v) is 9.20. The van der Waals surface area contributed by atoms with Crippen LogP contribution < -0.4 is 4.74 Å². The molecule has 0 amide bonds. The number of fused-ring (bicyclic) bond motifs is 2. The van der Waals surface area contributed by atoms with Crippen LogP contribution in [0.3, 0.4) is 0 Å². The van der Waals surface area contributed by atoms with E-state index in [4.69, 9.17) is 15.6 Å². The number of nitrogens with one attached hydrogen (secondary N) is 4. The summed E-state index contributed by atoms with van der Waals surface area (Å²) in [5.74, 6) is 2.79. The minimum atomic E-state index is 0.616. The van der Waals surface area contributed by atoms with Gasteiger partial charge in [-0.3, -0.25) is 10.8 Å². The Hall–Kier alpha value is -5.30. The summed E-state index contributed by atoms with van der Waals surface area (Å²) in [6.07, 6.45) is 4.67. The van der Waals surface area contributed by atoms with Gasteiger partial charge in [-0.05, 0) is 110 Å². The molecule has 2 saturated heterocycles. The summed E-state index contributed by atoms with van der Waals surface area (Å²) >= 11 is 0. The van der Waals surface area contributed by atoms with Crippen LogP contribution in [0.15, 0.2) is 97.1 Å². The lowest BCUT2D eigenvalue weighted by Gasteiger charge is -2.18. The number of likely N-dealkylation sites (tertiary alicyclic amines) is 2. The molecule has 0 unspecified atom stereocenters. The Kier molecular flexibility index (Phi) is 6.86. The summed E-state index contributed by atoms with van der Waals surface area (Å²) in [5, 5.41) is 19.5. The molecule has 7 nitrogen and oxygen atoms in total. The Labute approximate surface area is 262 Å². The lowest BCUT2D eigenvalue weighted by atomic mass is 10.1. The van der Waals surface area contributed by atoms with Gasteiger partial charge < -0.3 is 24.5 Å². The number of aromatic nitrogens is 2. The molecule has 45 heavy (non-hydrogen) atoms. The highest BCUT2D eigenvalue weighted by atomic mass is 16.5. The molecular weight excluding hydrogens is 556 g/mol. The summed E-state index contributed by atoms with van der Waals surface area (Å²) in [7, 11) is 0. The average molecular weight is 593 g/mol. The van der Waals surface area contributed by atoms with Gasteiger partial charge in [-0.15, -0.1) is 0 Å². The second kappa shape index (κ2) is 11.3. The van der Waals surface area contributed by atoms with Gasteiger partial charge in [-0.2, -0.15) is 0 Å². The Morgan fingerprint density at radius 2 is 0.911 bits per heavy atom. The van der Waals surface area contributed by atoms with Crippen molar-refractivity contribution < 1.29 is 4.74 Å². The van der Waals surface area contributed by atoms with Crippen LogP contribution in [0.1, 0.15) is 36.8 Å². The van der Waals surface area contributed by atoms with E-state index in [1.54, 1.807) is 0 Å². The van der Waals surface area contributed by atoms with Crippen molar-refractivity contribution >= 4 is 33.5 Å². The minimum Gasteiger partial charge on any atom is -0.457 e. The maximum Gasteiger partial charge on any atom is 0.128 e. The van der Waals surface area contributed by atoms with Crippen molar-refractivity contribution in [2.45, 2.75) is 25.7 Å². The molecule has 4 N–H and O–H groups in total. The molecule has 2 aliphatic heterocycles. The van der Waals surface area contributed by atoms with E-state index in [-0.39, 0.29) is 0 Å². The van der Waals surface area contributed by atoms with Gasteiger partial charge >= 0.3 is 0 Å². The van der Waals surface area contributed by atoms with Gasteiger partial charge in [0.05, 0.1) is 0 Å². The zero-order chi connectivity index (χ0) is 30.3. The molecule has 2 aliphatic rings. The fraction of sp³-hybridized carbons (Fsp3) is 0.211. The summed E-state index contributed by atoms with van der Waals surface area (Å²) in [5.41, 5.74) is 8.27. The number of rotatable bonds is 6. The molecule has 224 valence electrons. The first kappa shape index (κ1) is 27.3.